The summed E-state index contributed by atoms with van der Waals surface area (Å²) in [5.41, 5.74) is 3.38. The molecule has 0 unspecified atom stereocenters. The van der Waals surface area contributed by atoms with E-state index >= 15 is 0 Å². The lowest BCUT2D eigenvalue weighted by Crippen LogP contribution is -2.19. The predicted octanol–water partition coefficient (Wildman–Crippen LogP) is 5.62. The van der Waals surface area contributed by atoms with E-state index in [1.807, 2.05) is 73.7 Å². The van der Waals surface area contributed by atoms with E-state index in [4.69, 9.17) is 28.3 Å². The summed E-state index contributed by atoms with van der Waals surface area (Å²) in [6.45, 7) is 1.86. The van der Waals surface area contributed by atoms with Crippen LogP contribution >= 0.6 is 23.8 Å². The van der Waals surface area contributed by atoms with Crippen LogP contribution in [0.5, 0.6) is 0 Å². The largest absolute Gasteiger partial charge is 0.354 e. The van der Waals surface area contributed by atoms with E-state index < -0.39 is 0 Å². The van der Waals surface area contributed by atoms with Crippen molar-refractivity contribution in [3.05, 3.63) is 76.6 Å². The van der Waals surface area contributed by atoms with Crippen LogP contribution in [-0.4, -0.2) is 10.3 Å². The molecule has 4 nitrogen and oxygen atoms in total. The Labute approximate surface area is 156 Å². The van der Waals surface area contributed by atoms with Gasteiger partial charge in [0.2, 0.25) is 0 Å². The zero-order valence-electron chi connectivity index (χ0n) is 13.5. The second kappa shape index (κ2) is 7.96. The molecule has 25 heavy (non-hydrogen) atoms. The first-order valence-electron chi connectivity index (χ1n) is 7.65. The minimum absolute atomic E-state index is 0.471. The summed E-state index contributed by atoms with van der Waals surface area (Å²) >= 11 is 11.3. The molecule has 3 rings (SSSR count). The Bertz CT molecular complexity index is 889. The van der Waals surface area contributed by atoms with Crippen molar-refractivity contribution in [1.82, 2.24) is 5.16 Å². The Morgan fingerprint density at radius 1 is 1.04 bits per heavy atom. The van der Waals surface area contributed by atoms with E-state index in [9.17, 15) is 0 Å². The third kappa shape index (κ3) is 4.68. The van der Waals surface area contributed by atoms with Gasteiger partial charge in [0.1, 0.15) is 11.4 Å². The molecular formula is C19H16ClN3OS. The molecule has 0 fully saturated rings. The molecule has 126 valence electrons. The molecular weight excluding hydrogens is 354 g/mol. The molecule has 3 aromatic rings. The van der Waals surface area contributed by atoms with E-state index in [-0.39, 0.29) is 0 Å². The van der Waals surface area contributed by atoms with Gasteiger partial charge in [0.05, 0.1) is 0 Å². The van der Waals surface area contributed by atoms with Crippen molar-refractivity contribution in [3.63, 3.8) is 0 Å². The summed E-state index contributed by atoms with van der Waals surface area (Å²) in [7, 11) is 0. The first-order valence-corrected chi connectivity index (χ1v) is 8.43. The third-order valence-corrected chi connectivity index (χ3v) is 3.91. The van der Waals surface area contributed by atoms with Crippen LogP contribution in [0.1, 0.15) is 17.0 Å². The number of nitrogens with one attached hydrogen (secondary N) is 2. The Hall–Kier alpha value is -2.63. The average molecular weight is 370 g/mol. The van der Waals surface area contributed by atoms with Crippen molar-refractivity contribution in [3.8, 4) is 0 Å². The first-order chi connectivity index (χ1) is 12.1. The number of rotatable bonds is 4. The summed E-state index contributed by atoms with van der Waals surface area (Å²) in [6, 6.07) is 17.2. The summed E-state index contributed by atoms with van der Waals surface area (Å²) in [5, 5.41) is 11.4. The van der Waals surface area contributed by atoms with E-state index in [1.54, 1.807) is 0 Å². The number of aromatic nitrogens is 1. The minimum atomic E-state index is 0.471. The molecule has 1 aromatic heterocycles. The van der Waals surface area contributed by atoms with Crippen LogP contribution in [0.25, 0.3) is 12.2 Å². The molecule has 0 amide bonds. The highest BCUT2D eigenvalue weighted by Gasteiger charge is 2.12. The molecule has 0 saturated carbocycles. The molecule has 0 aliphatic rings. The summed E-state index contributed by atoms with van der Waals surface area (Å²) in [4.78, 5) is 0. The number of halogens is 1. The van der Waals surface area contributed by atoms with E-state index in [2.05, 4.69) is 15.8 Å². The fourth-order valence-corrected chi connectivity index (χ4v) is 2.54. The maximum Gasteiger partial charge on any atom is 0.183 e. The van der Waals surface area contributed by atoms with Gasteiger partial charge in [0, 0.05) is 10.7 Å². The van der Waals surface area contributed by atoms with Crippen LogP contribution in [0.3, 0.4) is 0 Å². The van der Waals surface area contributed by atoms with Gasteiger partial charge in [-0.1, -0.05) is 53.2 Å². The lowest BCUT2D eigenvalue weighted by atomic mass is 10.2. The number of para-hydroxylation sites is 1. The number of hydrogen-bond acceptors (Lipinski definition) is 3. The van der Waals surface area contributed by atoms with E-state index in [0.29, 0.717) is 15.9 Å². The van der Waals surface area contributed by atoms with Crippen molar-refractivity contribution < 1.29 is 4.52 Å². The zero-order valence-corrected chi connectivity index (χ0v) is 15.1. The minimum Gasteiger partial charge on any atom is -0.354 e. The summed E-state index contributed by atoms with van der Waals surface area (Å²) < 4.78 is 5.38. The SMILES string of the molecule is Cc1noc(/C=C/c2ccc(Cl)cc2)c1NC(=S)Nc1ccccc1. The monoisotopic (exact) mass is 369 g/mol. The van der Waals surface area contributed by atoms with Gasteiger partial charge in [-0.15, -0.1) is 0 Å². The Morgan fingerprint density at radius 2 is 1.76 bits per heavy atom. The predicted molar refractivity (Wildman–Crippen MR) is 108 cm³/mol. The van der Waals surface area contributed by atoms with Gasteiger partial charge in [0.15, 0.2) is 10.9 Å². The van der Waals surface area contributed by atoms with E-state index in [1.165, 1.54) is 0 Å². The van der Waals surface area contributed by atoms with Crippen molar-refractivity contribution in [2.75, 3.05) is 10.6 Å². The fourth-order valence-electron chi connectivity index (χ4n) is 2.20. The number of nitrogens with zero attached hydrogens (tertiary/aromatic N) is 1. The smallest absolute Gasteiger partial charge is 0.183 e. The van der Waals surface area contributed by atoms with Crippen molar-refractivity contribution >= 4 is 52.5 Å². The quantitative estimate of drug-likeness (QED) is 0.585. The fraction of sp³-hybridized carbons (Fsp3) is 0.0526. The van der Waals surface area contributed by atoms with Crippen LogP contribution in [0.4, 0.5) is 11.4 Å². The second-order valence-electron chi connectivity index (χ2n) is 5.34. The molecule has 6 heteroatoms. The topological polar surface area (TPSA) is 50.1 Å². The Kier molecular flexibility index (Phi) is 5.48. The van der Waals surface area contributed by atoms with Gasteiger partial charge in [-0.3, -0.25) is 0 Å². The number of anilines is 2. The van der Waals surface area contributed by atoms with Crippen LogP contribution in [0.2, 0.25) is 5.02 Å². The molecule has 0 saturated heterocycles. The highest BCUT2D eigenvalue weighted by atomic mass is 35.5. The molecule has 1 heterocycles. The molecule has 0 atom stereocenters. The van der Waals surface area contributed by atoms with Gasteiger partial charge >= 0.3 is 0 Å². The van der Waals surface area contributed by atoms with Gasteiger partial charge in [-0.2, -0.15) is 0 Å². The molecule has 0 spiro atoms. The number of benzene rings is 2. The van der Waals surface area contributed by atoms with Gasteiger partial charge in [-0.25, -0.2) is 0 Å². The number of aryl methyl sites for hydroxylation is 1. The Balaban J connectivity index is 1.73. The van der Waals surface area contributed by atoms with Gasteiger partial charge in [-0.05, 0) is 55.0 Å². The molecule has 2 N–H and O–H groups in total. The van der Waals surface area contributed by atoms with E-state index in [0.717, 1.165) is 22.6 Å². The molecule has 0 aliphatic carbocycles. The Morgan fingerprint density at radius 3 is 2.48 bits per heavy atom. The molecule has 0 bridgehead atoms. The van der Waals surface area contributed by atoms with Crippen LogP contribution in [-0.2, 0) is 0 Å². The standard InChI is InChI=1S/C19H16ClN3OS/c1-13-18(22-19(25)21-16-5-3-2-4-6-16)17(24-23-13)12-9-14-7-10-15(20)11-8-14/h2-12H,1H3,(H2,21,22,25)/b12-9+. The van der Waals surface area contributed by atoms with Crippen LogP contribution < -0.4 is 10.6 Å². The lowest BCUT2D eigenvalue weighted by molar-refractivity contribution is 0.408. The molecule has 0 aliphatic heterocycles. The zero-order chi connectivity index (χ0) is 17.6. The lowest BCUT2D eigenvalue weighted by Gasteiger charge is -2.09. The maximum absolute atomic E-state index is 5.90. The van der Waals surface area contributed by atoms with Gasteiger partial charge < -0.3 is 15.2 Å². The first kappa shape index (κ1) is 17.2. The van der Waals surface area contributed by atoms with Crippen LogP contribution in [0.15, 0.2) is 59.1 Å². The highest BCUT2D eigenvalue weighted by Crippen LogP contribution is 2.23. The highest BCUT2D eigenvalue weighted by molar-refractivity contribution is 7.80. The molecule has 2 aromatic carbocycles. The normalized spacial score (nSPS) is 10.8. The van der Waals surface area contributed by atoms with Crippen molar-refractivity contribution in [2.45, 2.75) is 6.92 Å². The van der Waals surface area contributed by atoms with Crippen molar-refractivity contribution in [1.29, 1.82) is 0 Å². The molecule has 0 radical (unpaired) electrons. The number of thiocarbonyl (C=S) groups is 1. The summed E-state index contributed by atoms with van der Waals surface area (Å²) in [6.07, 6.45) is 3.77. The van der Waals surface area contributed by atoms with Crippen LogP contribution in [0, 0.1) is 6.92 Å². The second-order valence-corrected chi connectivity index (χ2v) is 6.18. The average Bonchev–Trinajstić information content (AvgIpc) is 2.95. The van der Waals surface area contributed by atoms with Crippen molar-refractivity contribution in [2.24, 2.45) is 0 Å². The number of hydrogen-bond donors (Lipinski definition) is 2. The van der Waals surface area contributed by atoms with Gasteiger partial charge in [0.25, 0.3) is 0 Å². The maximum atomic E-state index is 5.90. The summed E-state index contributed by atoms with van der Waals surface area (Å²) in [5.74, 6) is 0.602. The third-order valence-electron chi connectivity index (χ3n) is 3.46.